The minimum Gasteiger partial charge on any atom is -0.376 e. The van der Waals surface area contributed by atoms with Crippen LogP contribution in [0.3, 0.4) is 0 Å². The summed E-state index contributed by atoms with van der Waals surface area (Å²) in [6.07, 6.45) is 1.42. The summed E-state index contributed by atoms with van der Waals surface area (Å²) in [5.41, 5.74) is 1.10. The van der Waals surface area contributed by atoms with Crippen LogP contribution in [0, 0.1) is 11.7 Å². The quantitative estimate of drug-likeness (QED) is 0.725. The Hall–Kier alpha value is -2.52. The van der Waals surface area contributed by atoms with Crippen LogP contribution in [0.5, 0.6) is 0 Å². The Morgan fingerprint density at radius 1 is 1.40 bits per heavy atom. The second-order valence-electron chi connectivity index (χ2n) is 8.07. The number of rotatable bonds is 6. The molecule has 2 heterocycles. The smallest absolute Gasteiger partial charge is 0.321 e. The highest BCUT2D eigenvalue weighted by atomic mass is 32.1. The molecule has 1 atom stereocenters. The molecular formula is C21H27FN4O3S. The van der Waals surface area contributed by atoms with E-state index >= 15 is 0 Å². The standard InChI is InChI=1S/C21H27FN4O3S/c1-21(2)10-15(7-8-29-21)18(27)26(3)12-17-13-30-20(24-17)25-19(28)23-11-14-5-4-6-16(22)9-14/h4-6,9,13,15H,7-8,10-12H2,1-3H3,(H2,23,24,25,28). The highest BCUT2D eigenvalue weighted by Gasteiger charge is 2.34. The highest BCUT2D eigenvalue weighted by Crippen LogP contribution is 2.30. The number of halogens is 1. The number of carbonyl (C=O) groups excluding carboxylic acids is 2. The van der Waals surface area contributed by atoms with Gasteiger partial charge in [0.25, 0.3) is 0 Å². The lowest BCUT2D eigenvalue weighted by molar-refractivity contribution is -0.144. The predicted octanol–water partition coefficient (Wildman–Crippen LogP) is 3.77. The van der Waals surface area contributed by atoms with Crippen LogP contribution in [0.4, 0.5) is 14.3 Å². The SMILES string of the molecule is CN(Cc1csc(NC(=O)NCc2cccc(F)c2)n1)C(=O)C1CCOC(C)(C)C1. The third-order valence-corrected chi connectivity index (χ3v) is 5.74. The Morgan fingerprint density at radius 3 is 2.93 bits per heavy atom. The lowest BCUT2D eigenvalue weighted by atomic mass is 9.87. The molecule has 1 aromatic heterocycles. The van der Waals surface area contributed by atoms with Crippen molar-refractivity contribution in [3.63, 3.8) is 0 Å². The van der Waals surface area contributed by atoms with Gasteiger partial charge in [0.2, 0.25) is 5.91 Å². The largest absolute Gasteiger partial charge is 0.376 e. The van der Waals surface area contributed by atoms with Crippen molar-refractivity contribution in [3.8, 4) is 0 Å². The Labute approximate surface area is 179 Å². The number of thiazole rings is 1. The van der Waals surface area contributed by atoms with Gasteiger partial charge in [-0.3, -0.25) is 10.1 Å². The molecule has 1 aromatic carbocycles. The summed E-state index contributed by atoms with van der Waals surface area (Å²) in [7, 11) is 1.77. The molecule has 0 spiro atoms. The third kappa shape index (κ3) is 6.24. The predicted molar refractivity (Wildman–Crippen MR) is 114 cm³/mol. The van der Waals surface area contributed by atoms with Crippen LogP contribution in [-0.4, -0.2) is 41.1 Å². The minimum atomic E-state index is -0.422. The van der Waals surface area contributed by atoms with Crippen LogP contribution in [0.15, 0.2) is 29.6 Å². The molecule has 0 aliphatic carbocycles. The first-order valence-corrected chi connectivity index (χ1v) is 10.7. The average Bonchev–Trinajstić information content (AvgIpc) is 3.11. The fourth-order valence-corrected chi connectivity index (χ4v) is 4.18. The molecule has 0 saturated carbocycles. The van der Waals surface area contributed by atoms with E-state index in [0.29, 0.717) is 36.0 Å². The number of benzene rings is 1. The molecule has 1 aliphatic rings. The van der Waals surface area contributed by atoms with Crippen LogP contribution in [-0.2, 0) is 22.6 Å². The van der Waals surface area contributed by atoms with E-state index in [0.717, 1.165) is 6.42 Å². The van der Waals surface area contributed by atoms with Crippen LogP contribution >= 0.6 is 11.3 Å². The second kappa shape index (κ2) is 9.53. The van der Waals surface area contributed by atoms with E-state index in [1.54, 1.807) is 24.1 Å². The maximum absolute atomic E-state index is 13.2. The van der Waals surface area contributed by atoms with Crippen LogP contribution in [0.2, 0.25) is 0 Å². The van der Waals surface area contributed by atoms with Gasteiger partial charge in [-0.05, 0) is 44.4 Å². The van der Waals surface area contributed by atoms with Gasteiger partial charge in [-0.2, -0.15) is 0 Å². The van der Waals surface area contributed by atoms with E-state index in [4.69, 9.17) is 4.74 Å². The van der Waals surface area contributed by atoms with Crippen molar-refractivity contribution in [1.82, 2.24) is 15.2 Å². The first-order valence-electron chi connectivity index (χ1n) is 9.84. The number of aromatic nitrogens is 1. The highest BCUT2D eigenvalue weighted by molar-refractivity contribution is 7.13. The van der Waals surface area contributed by atoms with Gasteiger partial charge in [-0.25, -0.2) is 14.2 Å². The second-order valence-corrected chi connectivity index (χ2v) is 8.93. The third-order valence-electron chi connectivity index (χ3n) is 4.94. The lowest BCUT2D eigenvalue weighted by Gasteiger charge is -2.36. The van der Waals surface area contributed by atoms with E-state index in [1.165, 1.54) is 23.5 Å². The molecule has 1 saturated heterocycles. The summed E-state index contributed by atoms with van der Waals surface area (Å²) in [6.45, 7) is 5.18. The minimum absolute atomic E-state index is 0.0522. The number of carbonyl (C=O) groups is 2. The van der Waals surface area contributed by atoms with Crippen molar-refractivity contribution in [3.05, 3.63) is 46.7 Å². The zero-order valence-corrected chi connectivity index (χ0v) is 18.2. The molecule has 0 radical (unpaired) electrons. The van der Waals surface area contributed by atoms with Crippen molar-refractivity contribution in [2.75, 3.05) is 19.0 Å². The molecule has 2 aromatic rings. The molecule has 1 fully saturated rings. The molecule has 162 valence electrons. The van der Waals surface area contributed by atoms with E-state index < -0.39 is 6.03 Å². The maximum Gasteiger partial charge on any atom is 0.321 e. The topological polar surface area (TPSA) is 83.6 Å². The summed E-state index contributed by atoms with van der Waals surface area (Å²) in [5.74, 6) is -0.312. The van der Waals surface area contributed by atoms with Crippen LogP contribution in [0.1, 0.15) is 37.9 Å². The molecule has 1 unspecified atom stereocenters. The van der Waals surface area contributed by atoms with Gasteiger partial charge in [-0.1, -0.05) is 12.1 Å². The van der Waals surface area contributed by atoms with Crippen LogP contribution < -0.4 is 10.6 Å². The Morgan fingerprint density at radius 2 is 2.20 bits per heavy atom. The number of hydrogen-bond acceptors (Lipinski definition) is 5. The van der Waals surface area contributed by atoms with Gasteiger partial charge in [0, 0.05) is 31.5 Å². The molecule has 9 heteroatoms. The van der Waals surface area contributed by atoms with Crippen molar-refractivity contribution >= 4 is 28.4 Å². The molecular weight excluding hydrogens is 407 g/mol. The number of nitrogens with zero attached hydrogens (tertiary/aromatic N) is 2. The first-order chi connectivity index (χ1) is 14.2. The molecule has 30 heavy (non-hydrogen) atoms. The summed E-state index contributed by atoms with van der Waals surface area (Å²) >= 11 is 1.29. The average molecular weight is 435 g/mol. The number of amides is 3. The van der Waals surface area contributed by atoms with Crippen molar-refractivity contribution in [2.24, 2.45) is 5.92 Å². The number of nitrogens with one attached hydrogen (secondary N) is 2. The van der Waals surface area contributed by atoms with Gasteiger partial charge in [0.1, 0.15) is 5.82 Å². The molecule has 3 amide bonds. The first kappa shape index (κ1) is 22.2. The maximum atomic E-state index is 13.2. The van der Waals surface area contributed by atoms with Crippen molar-refractivity contribution < 1.29 is 18.7 Å². The number of anilines is 1. The number of hydrogen-bond donors (Lipinski definition) is 2. The fraction of sp³-hybridized carbons (Fsp3) is 0.476. The fourth-order valence-electron chi connectivity index (χ4n) is 3.48. The Kier molecular flexibility index (Phi) is 7.04. The summed E-state index contributed by atoms with van der Waals surface area (Å²) in [4.78, 5) is 30.9. The molecule has 7 nitrogen and oxygen atoms in total. The van der Waals surface area contributed by atoms with Gasteiger partial charge < -0.3 is 15.0 Å². The van der Waals surface area contributed by atoms with Crippen molar-refractivity contribution in [2.45, 2.75) is 45.4 Å². The van der Waals surface area contributed by atoms with E-state index in [-0.39, 0.29) is 29.8 Å². The molecule has 2 N–H and O–H groups in total. The zero-order valence-electron chi connectivity index (χ0n) is 17.4. The van der Waals surface area contributed by atoms with Crippen LogP contribution in [0.25, 0.3) is 0 Å². The normalized spacial score (nSPS) is 17.9. The molecule has 0 bridgehead atoms. The van der Waals surface area contributed by atoms with Gasteiger partial charge in [-0.15, -0.1) is 11.3 Å². The zero-order chi connectivity index (χ0) is 21.7. The van der Waals surface area contributed by atoms with E-state index in [2.05, 4.69) is 15.6 Å². The Bertz CT molecular complexity index is 902. The van der Waals surface area contributed by atoms with Crippen molar-refractivity contribution in [1.29, 1.82) is 0 Å². The van der Waals surface area contributed by atoms with Gasteiger partial charge in [0.15, 0.2) is 5.13 Å². The summed E-state index contributed by atoms with van der Waals surface area (Å²) in [6, 6.07) is 5.63. The summed E-state index contributed by atoms with van der Waals surface area (Å²) < 4.78 is 18.9. The van der Waals surface area contributed by atoms with E-state index in [1.807, 2.05) is 19.2 Å². The van der Waals surface area contributed by atoms with E-state index in [9.17, 15) is 14.0 Å². The van der Waals surface area contributed by atoms with Gasteiger partial charge >= 0.3 is 6.03 Å². The summed E-state index contributed by atoms with van der Waals surface area (Å²) in [5, 5.41) is 7.59. The molecule has 1 aliphatic heterocycles. The monoisotopic (exact) mass is 434 g/mol. The molecule has 3 rings (SSSR count). The number of ether oxygens (including phenoxy) is 1. The number of urea groups is 1. The van der Waals surface area contributed by atoms with Gasteiger partial charge in [0.05, 0.1) is 17.8 Å². The Balaban J connectivity index is 1.48. The lowest BCUT2D eigenvalue weighted by Crippen LogP contribution is -2.42.